The van der Waals surface area contributed by atoms with Gasteiger partial charge in [-0.05, 0) is 31.1 Å². The van der Waals surface area contributed by atoms with Crippen LogP contribution in [-0.2, 0) is 13.0 Å². The molecule has 2 atom stereocenters. The summed E-state index contributed by atoms with van der Waals surface area (Å²) in [7, 11) is 0. The molecule has 1 aromatic rings. The molecule has 2 unspecified atom stereocenters. The third-order valence-electron chi connectivity index (χ3n) is 4.54. The molecule has 1 aliphatic carbocycles. The van der Waals surface area contributed by atoms with Crippen LogP contribution in [-0.4, -0.2) is 28.7 Å². The molecule has 0 bridgehead atoms. The van der Waals surface area contributed by atoms with E-state index in [1.807, 2.05) is 0 Å². The first-order valence-electron chi connectivity index (χ1n) is 7.71. The third kappa shape index (κ3) is 2.73. The molecule has 110 valence electrons. The fraction of sp³-hybridized carbons (Fsp3) is 0.733. The van der Waals surface area contributed by atoms with Crippen LogP contribution < -0.4 is 10.6 Å². The van der Waals surface area contributed by atoms with Crippen LogP contribution >= 0.6 is 0 Å². The van der Waals surface area contributed by atoms with Crippen molar-refractivity contribution in [1.82, 2.24) is 20.8 Å². The number of hydrogen-bond acceptors (Lipinski definition) is 3. The van der Waals surface area contributed by atoms with Crippen molar-refractivity contribution < 1.29 is 4.79 Å². The Balaban J connectivity index is 1.68. The summed E-state index contributed by atoms with van der Waals surface area (Å²) in [5, 5.41) is 13.7. The van der Waals surface area contributed by atoms with Crippen LogP contribution in [0.25, 0.3) is 0 Å². The van der Waals surface area contributed by atoms with Gasteiger partial charge in [-0.15, -0.1) is 0 Å². The summed E-state index contributed by atoms with van der Waals surface area (Å²) in [6.07, 6.45) is 4.36. The number of hydrogen-bond donors (Lipinski definition) is 3. The van der Waals surface area contributed by atoms with Gasteiger partial charge in [0.05, 0.1) is 0 Å². The average molecular weight is 276 g/mol. The number of aromatic nitrogens is 2. The van der Waals surface area contributed by atoms with Crippen LogP contribution in [0.4, 0.5) is 0 Å². The molecule has 0 radical (unpaired) electrons. The molecule has 0 spiro atoms. The number of nitrogens with one attached hydrogen (secondary N) is 3. The van der Waals surface area contributed by atoms with Crippen LogP contribution in [0.2, 0.25) is 0 Å². The van der Waals surface area contributed by atoms with Gasteiger partial charge in [0.2, 0.25) is 0 Å². The van der Waals surface area contributed by atoms with E-state index in [0.717, 1.165) is 43.6 Å². The Morgan fingerprint density at radius 2 is 2.00 bits per heavy atom. The van der Waals surface area contributed by atoms with Gasteiger partial charge in [-0.3, -0.25) is 9.89 Å². The van der Waals surface area contributed by atoms with Gasteiger partial charge >= 0.3 is 0 Å². The molecular formula is C15H24N4O. The number of carbonyl (C=O) groups excluding carboxylic acids is 1. The SMILES string of the molecule is CC1CC(C)CC(NC(=O)c2n[nH]c3c2CNCC3)C1. The standard InChI is InChI=1S/C15H24N4O/c1-9-5-10(2)7-11(6-9)17-15(20)14-12-8-16-4-3-13(12)18-19-14/h9-11,16H,3-8H2,1-2H3,(H,17,20)(H,18,19). The van der Waals surface area contributed by atoms with Crippen molar-refractivity contribution in [2.75, 3.05) is 6.54 Å². The van der Waals surface area contributed by atoms with Gasteiger partial charge in [0.15, 0.2) is 5.69 Å². The minimum atomic E-state index is -0.0162. The van der Waals surface area contributed by atoms with E-state index >= 15 is 0 Å². The molecule has 3 N–H and O–H groups in total. The molecule has 20 heavy (non-hydrogen) atoms. The zero-order valence-electron chi connectivity index (χ0n) is 12.3. The highest BCUT2D eigenvalue weighted by Gasteiger charge is 2.27. The van der Waals surface area contributed by atoms with Crippen LogP contribution in [0.3, 0.4) is 0 Å². The van der Waals surface area contributed by atoms with E-state index < -0.39 is 0 Å². The quantitative estimate of drug-likeness (QED) is 0.768. The summed E-state index contributed by atoms with van der Waals surface area (Å²) in [4.78, 5) is 12.4. The third-order valence-corrected chi connectivity index (χ3v) is 4.54. The van der Waals surface area contributed by atoms with Gasteiger partial charge in [0, 0.05) is 36.8 Å². The van der Waals surface area contributed by atoms with Crippen LogP contribution in [0, 0.1) is 11.8 Å². The average Bonchev–Trinajstić information content (AvgIpc) is 2.81. The predicted octanol–water partition coefficient (Wildman–Crippen LogP) is 1.61. The molecule has 3 rings (SSSR count). The summed E-state index contributed by atoms with van der Waals surface area (Å²) in [5.74, 6) is 1.37. The number of H-pyrrole nitrogens is 1. The Bertz CT molecular complexity index is 486. The second-order valence-corrected chi connectivity index (χ2v) is 6.54. The molecule has 5 heteroatoms. The van der Waals surface area contributed by atoms with Crippen molar-refractivity contribution in [3.8, 4) is 0 Å². The molecule has 0 saturated heterocycles. The maximum atomic E-state index is 12.4. The van der Waals surface area contributed by atoms with Crippen LogP contribution in [0.1, 0.15) is 54.9 Å². The lowest BCUT2D eigenvalue weighted by atomic mass is 9.80. The molecule has 1 fully saturated rings. The van der Waals surface area contributed by atoms with Crippen molar-refractivity contribution in [2.45, 2.75) is 52.1 Å². The smallest absolute Gasteiger partial charge is 0.272 e. The van der Waals surface area contributed by atoms with Gasteiger partial charge in [-0.2, -0.15) is 5.10 Å². The maximum absolute atomic E-state index is 12.4. The van der Waals surface area contributed by atoms with Crippen LogP contribution in [0.5, 0.6) is 0 Å². The normalized spacial score (nSPS) is 29.8. The Morgan fingerprint density at radius 3 is 2.75 bits per heavy atom. The maximum Gasteiger partial charge on any atom is 0.272 e. The number of amides is 1. The first-order chi connectivity index (χ1) is 9.63. The zero-order chi connectivity index (χ0) is 14.1. The lowest BCUT2D eigenvalue weighted by molar-refractivity contribution is 0.0905. The minimum absolute atomic E-state index is 0.0162. The van der Waals surface area contributed by atoms with E-state index in [2.05, 4.69) is 34.7 Å². The lowest BCUT2D eigenvalue weighted by Gasteiger charge is -2.31. The Kier molecular flexibility index (Phi) is 3.78. The first kappa shape index (κ1) is 13.6. The van der Waals surface area contributed by atoms with Crippen molar-refractivity contribution in [2.24, 2.45) is 11.8 Å². The van der Waals surface area contributed by atoms with Crippen molar-refractivity contribution >= 4 is 5.91 Å². The summed E-state index contributed by atoms with van der Waals surface area (Å²) in [5.41, 5.74) is 2.74. The number of nitrogens with zero attached hydrogens (tertiary/aromatic N) is 1. The zero-order valence-corrected chi connectivity index (χ0v) is 12.3. The second kappa shape index (κ2) is 5.56. The number of fused-ring (bicyclic) bond motifs is 1. The monoisotopic (exact) mass is 276 g/mol. The van der Waals surface area contributed by atoms with Crippen molar-refractivity contribution in [1.29, 1.82) is 0 Å². The lowest BCUT2D eigenvalue weighted by Crippen LogP contribution is -2.40. The molecule has 1 amide bonds. The molecule has 1 aliphatic heterocycles. The van der Waals surface area contributed by atoms with Gasteiger partial charge < -0.3 is 10.6 Å². The van der Waals surface area contributed by atoms with Gasteiger partial charge in [0.25, 0.3) is 5.91 Å². The van der Waals surface area contributed by atoms with Gasteiger partial charge in [-0.25, -0.2) is 0 Å². The minimum Gasteiger partial charge on any atom is -0.348 e. The number of aromatic amines is 1. The van der Waals surface area contributed by atoms with Gasteiger partial charge in [-0.1, -0.05) is 13.8 Å². The number of carbonyl (C=O) groups is 1. The van der Waals surface area contributed by atoms with Crippen molar-refractivity contribution in [3.05, 3.63) is 17.0 Å². The highest BCUT2D eigenvalue weighted by atomic mass is 16.2. The summed E-state index contributed by atoms with van der Waals surface area (Å²) < 4.78 is 0. The predicted molar refractivity (Wildman–Crippen MR) is 77.4 cm³/mol. The molecule has 2 aliphatic rings. The van der Waals surface area contributed by atoms with Gasteiger partial charge in [0.1, 0.15) is 0 Å². The highest BCUT2D eigenvalue weighted by Crippen LogP contribution is 2.28. The summed E-state index contributed by atoms with van der Waals surface area (Å²) in [6.45, 7) is 6.24. The van der Waals surface area contributed by atoms with E-state index in [4.69, 9.17) is 0 Å². The summed E-state index contributed by atoms with van der Waals surface area (Å²) in [6, 6.07) is 0.296. The molecule has 5 nitrogen and oxygen atoms in total. The molecule has 1 saturated carbocycles. The highest BCUT2D eigenvalue weighted by molar-refractivity contribution is 5.94. The molecular weight excluding hydrogens is 252 g/mol. The summed E-state index contributed by atoms with van der Waals surface area (Å²) >= 11 is 0. The van der Waals surface area contributed by atoms with E-state index in [1.165, 1.54) is 6.42 Å². The Hall–Kier alpha value is -1.36. The van der Waals surface area contributed by atoms with E-state index in [-0.39, 0.29) is 5.91 Å². The number of rotatable bonds is 2. The Morgan fingerprint density at radius 1 is 1.25 bits per heavy atom. The van der Waals surface area contributed by atoms with E-state index in [9.17, 15) is 4.79 Å². The van der Waals surface area contributed by atoms with Crippen LogP contribution in [0.15, 0.2) is 0 Å². The molecule has 2 heterocycles. The van der Waals surface area contributed by atoms with E-state index in [0.29, 0.717) is 23.6 Å². The fourth-order valence-corrected chi connectivity index (χ4v) is 3.73. The van der Waals surface area contributed by atoms with E-state index in [1.54, 1.807) is 0 Å². The second-order valence-electron chi connectivity index (χ2n) is 6.54. The first-order valence-corrected chi connectivity index (χ1v) is 7.71. The largest absolute Gasteiger partial charge is 0.348 e. The Labute approximate surface area is 119 Å². The molecule has 0 aromatic carbocycles. The van der Waals surface area contributed by atoms with Crippen molar-refractivity contribution in [3.63, 3.8) is 0 Å². The molecule has 1 aromatic heterocycles. The fourth-order valence-electron chi connectivity index (χ4n) is 3.73. The topological polar surface area (TPSA) is 69.8 Å².